The Kier molecular flexibility index (Phi) is 5.50. The van der Waals surface area contributed by atoms with Gasteiger partial charge in [0.15, 0.2) is 0 Å². The number of hydrogen-bond donors (Lipinski definition) is 0. The van der Waals surface area contributed by atoms with E-state index in [1.165, 1.54) is 0 Å². The Bertz CT molecular complexity index is 502. The molecule has 1 aromatic rings. The summed E-state index contributed by atoms with van der Waals surface area (Å²) in [6.45, 7) is 2.18. The molecule has 0 aromatic heterocycles. The van der Waals surface area contributed by atoms with Crippen LogP contribution in [0.25, 0.3) is 0 Å². The molecule has 0 radical (unpaired) electrons. The number of rotatable bonds is 4. The van der Waals surface area contributed by atoms with Crippen LogP contribution in [0.3, 0.4) is 0 Å². The van der Waals surface area contributed by atoms with Crippen molar-refractivity contribution < 1.29 is 9.53 Å². The van der Waals surface area contributed by atoms with Crippen molar-refractivity contribution >= 4 is 51.0 Å². The average molecular weight is 370 g/mol. The molecule has 1 rings (SSSR count). The van der Waals surface area contributed by atoms with Crippen LogP contribution in [0.5, 0.6) is 0 Å². The summed E-state index contributed by atoms with van der Waals surface area (Å²) in [7, 11) is 0. The Balaban J connectivity index is 3.30. The van der Waals surface area contributed by atoms with Gasteiger partial charge in [-0.3, -0.25) is 0 Å². The summed E-state index contributed by atoms with van der Waals surface area (Å²) in [5.74, 6) is -0.285. The summed E-state index contributed by atoms with van der Waals surface area (Å²) < 4.78 is 6.17. The zero-order valence-corrected chi connectivity index (χ0v) is 14.8. The molecule has 96 valence electrons. The van der Waals surface area contributed by atoms with Crippen molar-refractivity contribution in [2.75, 3.05) is 6.61 Å². The predicted octanol–water partition coefficient (Wildman–Crippen LogP) is 3.14. The number of isothiocyanates is 1. The van der Waals surface area contributed by atoms with Gasteiger partial charge in [-0.05, 0) is 0 Å². The van der Waals surface area contributed by atoms with Crippen LogP contribution in [0, 0.1) is 0 Å². The molecular weight excluding hydrogens is 353 g/mol. The number of aliphatic imine (C=N–C) groups is 1. The number of nitrogens with zero attached hydrogens (tertiary/aromatic N) is 1. The topological polar surface area (TPSA) is 38.7 Å². The van der Waals surface area contributed by atoms with Gasteiger partial charge in [-0.15, -0.1) is 0 Å². The van der Waals surface area contributed by atoms with E-state index in [4.69, 9.17) is 4.74 Å². The first-order valence-corrected chi connectivity index (χ1v) is 16.2. The van der Waals surface area contributed by atoms with Gasteiger partial charge >= 0.3 is 118 Å². The third-order valence-corrected chi connectivity index (χ3v) is 8.33. The van der Waals surface area contributed by atoms with Crippen molar-refractivity contribution in [1.29, 1.82) is 0 Å². The molecule has 0 saturated heterocycles. The Morgan fingerprint density at radius 3 is 2.61 bits per heavy atom. The van der Waals surface area contributed by atoms with Crippen LogP contribution in [-0.4, -0.2) is 36.1 Å². The summed E-state index contributed by atoms with van der Waals surface area (Å²) >= 11 is 2.30. The van der Waals surface area contributed by atoms with E-state index in [1.54, 1.807) is 13.0 Å². The fourth-order valence-electron chi connectivity index (χ4n) is 1.62. The first-order chi connectivity index (χ1) is 8.40. The average Bonchev–Trinajstić information content (AvgIpc) is 2.28. The van der Waals surface area contributed by atoms with Gasteiger partial charge < -0.3 is 0 Å². The molecule has 3 nitrogen and oxygen atoms in total. The van der Waals surface area contributed by atoms with Gasteiger partial charge in [0.25, 0.3) is 0 Å². The van der Waals surface area contributed by atoms with Gasteiger partial charge in [0.2, 0.25) is 0 Å². The quantitative estimate of drug-likeness (QED) is 0.354. The Hall–Kier alpha value is -0.711. The molecule has 0 fully saturated rings. The number of esters is 1. The van der Waals surface area contributed by atoms with Crippen LogP contribution < -0.4 is 3.58 Å². The van der Waals surface area contributed by atoms with Crippen molar-refractivity contribution in [3.8, 4) is 0 Å². The van der Waals surface area contributed by atoms with E-state index in [0.29, 0.717) is 12.2 Å². The molecule has 0 N–H and O–H groups in total. The number of carbonyl (C=O) groups excluding carboxylic acids is 1. The second kappa shape index (κ2) is 6.45. The van der Waals surface area contributed by atoms with Crippen molar-refractivity contribution in [3.63, 3.8) is 0 Å². The van der Waals surface area contributed by atoms with Crippen molar-refractivity contribution in [2.24, 2.45) is 4.99 Å². The number of hydrogen-bond acceptors (Lipinski definition) is 4. The molecule has 0 aliphatic carbocycles. The molecular formula is C13H17NO2SSn. The van der Waals surface area contributed by atoms with Crippen molar-refractivity contribution in [2.45, 2.75) is 21.7 Å². The summed E-state index contributed by atoms with van der Waals surface area (Å²) in [5.41, 5.74) is 1.42. The molecule has 0 unspecified atom stereocenters. The minimum atomic E-state index is -2.36. The zero-order chi connectivity index (χ0) is 13.8. The molecule has 18 heavy (non-hydrogen) atoms. The maximum absolute atomic E-state index is 11.7. The molecule has 0 spiro atoms. The van der Waals surface area contributed by atoms with Crippen LogP contribution in [0.1, 0.15) is 17.3 Å². The van der Waals surface area contributed by atoms with Crippen molar-refractivity contribution in [1.82, 2.24) is 0 Å². The standard InChI is InChI=1S/C10H8NO2S.3CH3.Sn/c1-2-13-10(12)8-3-5-9(6-4-8)11-7-14;;;;/h3-5H,2H2,1H3;3*1H3;. The van der Waals surface area contributed by atoms with E-state index in [2.05, 4.69) is 37.2 Å². The number of ether oxygens (including phenoxy) is 1. The Labute approximate surface area is 117 Å². The third kappa shape index (κ3) is 3.90. The zero-order valence-electron chi connectivity index (χ0n) is 11.1. The van der Waals surface area contributed by atoms with Gasteiger partial charge in [0.05, 0.1) is 0 Å². The summed E-state index contributed by atoms with van der Waals surface area (Å²) in [6.07, 6.45) is 0. The molecule has 5 heteroatoms. The summed E-state index contributed by atoms with van der Waals surface area (Å²) in [5, 5.41) is 2.40. The van der Waals surface area contributed by atoms with Gasteiger partial charge in [-0.2, -0.15) is 0 Å². The van der Waals surface area contributed by atoms with Gasteiger partial charge in [0, 0.05) is 0 Å². The third-order valence-electron chi connectivity index (χ3n) is 2.48. The molecule has 0 aliphatic heterocycles. The Morgan fingerprint density at radius 2 is 2.11 bits per heavy atom. The van der Waals surface area contributed by atoms with E-state index < -0.39 is 18.4 Å². The molecule has 0 heterocycles. The molecule has 0 bridgehead atoms. The van der Waals surface area contributed by atoms with E-state index in [-0.39, 0.29) is 5.97 Å². The van der Waals surface area contributed by atoms with E-state index in [9.17, 15) is 4.79 Å². The minimum absolute atomic E-state index is 0.285. The number of benzene rings is 1. The SMILES string of the molecule is CCOC(=O)c1ccc(N=C=S)[c]([Sn]([CH3])([CH3])[CH3])c1. The predicted molar refractivity (Wildman–Crippen MR) is 80.1 cm³/mol. The van der Waals surface area contributed by atoms with Crippen LogP contribution in [0.15, 0.2) is 23.2 Å². The molecule has 0 saturated carbocycles. The monoisotopic (exact) mass is 371 g/mol. The second-order valence-electron chi connectivity index (χ2n) is 4.91. The van der Waals surface area contributed by atoms with Crippen LogP contribution in [-0.2, 0) is 4.74 Å². The number of carbonyl (C=O) groups is 1. The molecule has 0 amide bonds. The second-order valence-corrected chi connectivity index (χ2v) is 19.5. The van der Waals surface area contributed by atoms with Crippen LogP contribution in [0.2, 0.25) is 14.8 Å². The van der Waals surface area contributed by atoms with Gasteiger partial charge in [-0.25, -0.2) is 0 Å². The summed E-state index contributed by atoms with van der Waals surface area (Å²) in [6, 6.07) is 5.45. The molecule has 0 aliphatic rings. The van der Waals surface area contributed by atoms with Gasteiger partial charge in [0.1, 0.15) is 0 Å². The van der Waals surface area contributed by atoms with E-state index in [0.717, 1.165) is 9.27 Å². The number of thiocarbonyl (C=S) groups is 1. The first-order valence-electron chi connectivity index (χ1n) is 5.79. The van der Waals surface area contributed by atoms with E-state index in [1.807, 2.05) is 12.1 Å². The fraction of sp³-hybridized carbons (Fsp3) is 0.385. The molecule has 0 atom stereocenters. The normalized spacial score (nSPS) is 10.7. The Morgan fingerprint density at radius 1 is 1.44 bits per heavy atom. The first kappa shape index (κ1) is 15.3. The maximum atomic E-state index is 11.7. The van der Waals surface area contributed by atoms with E-state index >= 15 is 0 Å². The summed E-state index contributed by atoms with van der Waals surface area (Å²) in [4.78, 5) is 22.6. The molecule has 1 aromatic carbocycles. The fourth-order valence-corrected chi connectivity index (χ4v) is 5.99. The van der Waals surface area contributed by atoms with Crippen molar-refractivity contribution in [3.05, 3.63) is 23.8 Å². The van der Waals surface area contributed by atoms with Gasteiger partial charge in [-0.1, -0.05) is 0 Å². The van der Waals surface area contributed by atoms with Crippen LogP contribution >= 0.6 is 12.2 Å². The van der Waals surface area contributed by atoms with Crippen LogP contribution in [0.4, 0.5) is 5.69 Å².